The van der Waals surface area contributed by atoms with E-state index in [1.54, 1.807) is 7.11 Å². The van der Waals surface area contributed by atoms with Crippen molar-refractivity contribution in [2.75, 3.05) is 13.7 Å². The lowest BCUT2D eigenvalue weighted by Crippen LogP contribution is -2.05. The zero-order valence-electron chi connectivity index (χ0n) is 10.3. The number of halogens is 1. The van der Waals surface area contributed by atoms with Crippen molar-refractivity contribution in [2.24, 2.45) is 0 Å². The minimum Gasteiger partial charge on any atom is -0.493 e. The Morgan fingerprint density at radius 1 is 1.65 bits per heavy atom. The molecule has 2 rings (SSSR count). The van der Waals surface area contributed by atoms with Crippen LogP contribution in [0.1, 0.15) is 30.9 Å². The minimum absolute atomic E-state index is 0.00222. The molecule has 1 aromatic carbocycles. The fourth-order valence-electron chi connectivity index (χ4n) is 2.14. The number of fused-ring (bicyclic) bond motifs is 1. The molecule has 0 saturated heterocycles. The summed E-state index contributed by atoms with van der Waals surface area (Å²) in [5.74, 6) is 1.44. The molecule has 1 aliphatic rings. The minimum atomic E-state index is -0.00222. The molecule has 0 amide bonds. The number of benzene rings is 1. The molecule has 1 aromatic rings. The number of ether oxygens (including phenoxy) is 2. The Hall–Kier alpha value is -0.930. The molecule has 4 heteroatoms. The predicted octanol–water partition coefficient (Wildman–Crippen LogP) is 2.77. The molecule has 0 aromatic heterocycles. The van der Waals surface area contributed by atoms with Gasteiger partial charge < -0.3 is 14.6 Å². The van der Waals surface area contributed by atoms with Crippen molar-refractivity contribution in [3.05, 3.63) is 22.2 Å². The van der Waals surface area contributed by atoms with Gasteiger partial charge in [-0.1, -0.05) is 18.5 Å². The maximum absolute atomic E-state index is 9.25. The van der Waals surface area contributed by atoms with Gasteiger partial charge >= 0.3 is 0 Å². The van der Waals surface area contributed by atoms with E-state index in [1.165, 1.54) is 0 Å². The van der Waals surface area contributed by atoms with Gasteiger partial charge in [-0.05, 0) is 18.6 Å². The summed E-state index contributed by atoms with van der Waals surface area (Å²) in [4.78, 5) is 0. The number of aliphatic hydroxyl groups is 1. The van der Waals surface area contributed by atoms with E-state index in [-0.39, 0.29) is 18.6 Å². The van der Waals surface area contributed by atoms with Crippen molar-refractivity contribution in [3.63, 3.8) is 0 Å². The first-order chi connectivity index (χ1) is 8.08. The third-order valence-corrected chi connectivity index (χ3v) is 3.58. The van der Waals surface area contributed by atoms with Crippen molar-refractivity contribution in [2.45, 2.75) is 32.3 Å². The molecule has 2 atom stereocenters. The Kier molecular flexibility index (Phi) is 3.50. The Bertz CT molecular complexity index is 431. The monoisotopic (exact) mass is 256 g/mol. The molecular formula is C13H17ClO3. The Balaban J connectivity index is 2.55. The summed E-state index contributed by atoms with van der Waals surface area (Å²) >= 11 is 6.38. The second kappa shape index (κ2) is 4.75. The zero-order valence-corrected chi connectivity index (χ0v) is 11.0. The van der Waals surface area contributed by atoms with Crippen LogP contribution in [-0.4, -0.2) is 24.9 Å². The van der Waals surface area contributed by atoms with Crippen LogP contribution in [0.5, 0.6) is 11.5 Å². The van der Waals surface area contributed by atoms with Gasteiger partial charge in [-0.25, -0.2) is 0 Å². The number of hydrogen-bond acceptors (Lipinski definition) is 3. The van der Waals surface area contributed by atoms with Crippen LogP contribution in [0.2, 0.25) is 5.02 Å². The summed E-state index contributed by atoms with van der Waals surface area (Å²) in [6, 6.07) is 1.86. The molecule has 94 valence electrons. The van der Waals surface area contributed by atoms with Crippen LogP contribution in [0.25, 0.3) is 0 Å². The molecule has 1 heterocycles. The molecule has 0 bridgehead atoms. The molecule has 2 unspecified atom stereocenters. The number of hydrogen-bond donors (Lipinski definition) is 1. The predicted molar refractivity (Wildman–Crippen MR) is 67.3 cm³/mol. The normalized spacial score (nSPS) is 19.7. The van der Waals surface area contributed by atoms with Crippen LogP contribution >= 0.6 is 11.6 Å². The van der Waals surface area contributed by atoms with E-state index in [0.29, 0.717) is 10.8 Å². The van der Waals surface area contributed by atoms with Gasteiger partial charge in [0.15, 0.2) is 11.5 Å². The molecule has 0 radical (unpaired) electrons. The van der Waals surface area contributed by atoms with Crippen LogP contribution in [0.15, 0.2) is 6.07 Å². The van der Waals surface area contributed by atoms with Gasteiger partial charge in [0.05, 0.1) is 12.1 Å². The van der Waals surface area contributed by atoms with Crippen LogP contribution < -0.4 is 9.47 Å². The van der Waals surface area contributed by atoms with Gasteiger partial charge in [0.1, 0.15) is 6.10 Å². The standard InChI is InChI=1S/C13H17ClO3/c1-7(6-15)9-5-11(16-3)13-10(12(9)14)4-8(2)17-13/h5,7-8,15H,4,6H2,1-3H3. The fraction of sp³-hybridized carbons (Fsp3) is 0.538. The average Bonchev–Trinajstić information content (AvgIpc) is 2.71. The lowest BCUT2D eigenvalue weighted by molar-refractivity contribution is 0.243. The second-order valence-corrected chi connectivity index (χ2v) is 4.88. The fourth-order valence-corrected chi connectivity index (χ4v) is 2.55. The first-order valence-electron chi connectivity index (χ1n) is 5.75. The van der Waals surface area contributed by atoms with Gasteiger partial charge in [0.25, 0.3) is 0 Å². The second-order valence-electron chi connectivity index (χ2n) is 4.51. The average molecular weight is 257 g/mol. The Labute approximate surface area is 106 Å². The molecule has 0 spiro atoms. The number of methoxy groups -OCH3 is 1. The van der Waals surface area contributed by atoms with Gasteiger partial charge in [0, 0.05) is 24.5 Å². The van der Waals surface area contributed by atoms with Gasteiger partial charge in [-0.2, -0.15) is 0 Å². The first kappa shape index (κ1) is 12.5. The highest BCUT2D eigenvalue weighted by molar-refractivity contribution is 6.32. The smallest absolute Gasteiger partial charge is 0.166 e. The van der Waals surface area contributed by atoms with E-state index >= 15 is 0 Å². The van der Waals surface area contributed by atoms with Crippen molar-refractivity contribution in [1.29, 1.82) is 0 Å². The van der Waals surface area contributed by atoms with Crippen molar-refractivity contribution in [1.82, 2.24) is 0 Å². The SMILES string of the molecule is COc1cc(C(C)CO)c(Cl)c2c1OC(C)C2. The Morgan fingerprint density at radius 3 is 2.94 bits per heavy atom. The third-order valence-electron chi connectivity index (χ3n) is 3.14. The summed E-state index contributed by atoms with van der Waals surface area (Å²) in [7, 11) is 1.61. The Morgan fingerprint density at radius 2 is 2.35 bits per heavy atom. The summed E-state index contributed by atoms with van der Waals surface area (Å²) < 4.78 is 11.0. The summed E-state index contributed by atoms with van der Waals surface area (Å²) in [6.07, 6.45) is 0.910. The van der Waals surface area contributed by atoms with Crippen molar-refractivity contribution < 1.29 is 14.6 Å². The molecule has 1 N–H and O–H groups in total. The highest BCUT2D eigenvalue weighted by atomic mass is 35.5. The zero-order chi connectivity index (χ0) is 12.6. The maximum Gasteiger partial charge on any atom is 0.166 e. The molecule has 0 saturated carbocycles. The molecule has 0 fully saturated rings. The highest BCUT2D eigenvalue weighted by Crippen LogP contribution is 2.45. The number of aliphatic hydroxyl groups excluding tert-OH is 1. The number of rotatable bonds is 3. The summed E-state index contributed by atoms with van der Waals surface area (Å²) in [6.45, 7) is 4.01. The highest BCUT2D eigenvalue weighted by Gasteiger charge is 2.28. The molecule has 1 aliphatic heterocycles. The van der Waals surface area contributed by atoms with Crippen LogP contribution in [0.4, 0.5) is 0 Å². The topological polar surface area (TPSA) is 38.7 Å². The van der Waals surface area contributed by atoms with E-state index in [4.69, 9.17) is 21.1 Å². The summed E-state index contributed by atoms with van der Waals surface area (Å²) in [5.41, 5.74) is 1.91. The molecular weight excluding hydrogens is 240 g/mol. The van der Waals surface area contributed by atoms with Crippen LogP contribution in [-0.2, 0) is 6.42 Å². The van der Waals surface area contributed by atoms with Gasteiger partial charge in [-0.15, -0.1) is 0 Å². The van der Waals surface area contributed by atoms with E-state index in [1.807, 2.05) is 19.9 Å². The van der Waals surface area contributed by atoms with E-state index < -0.39 is 0 Å². The lowest BCUT2D eigenvalue weighted by atomic mass is 9.97. The third kappa shape index (κ3) is 2.09. The summed E-state index contributed by atoms with van der Waals surface area (Å²) in [5, 5.41) is 9.95. The van der Waals surface area contributed by atoms with Crippen LogP contribution in [0.3, 0.4) is 0 Å². The van der Waals surface area contributed by atoms with Crippen molar-refractivity contribution >= 4 is 11.6 Å². The van der Waals surface area contributed by atoms with E-state index in [2.05, 4.69) is 0 Å². The van der Waals surface area contributed by atoms with Gasteiger partial charge in [0.2, 0.25) is 0 Å². The quantitative estimate of drug-likeness (QED) is 0.904. The molecule has 17 heavy (non-hydrogen) atoms. The van der Waals surface area contributed by atoms with Crippen molar-refractivity contribution in [3.8, 4) is 11.5 Å². The maximum atomic E-state index is 9.25. The van der Waals surface area contributed by atoms with E-state index in [0.717, 1.165) is 23.3 Å². The van der Waals surface area contributed by atoms with Crippen LogP contribution in [0, 0.1) is 0 Å². The van der Waals surface area contributed by atoms with E-state index in [9.17, 15) is 5.11 Å². The molecule has 3 nitrogen and oxygen atoms in total. The first-order valence-corrected chi connectivity index (χ1v) is 6.13. The lowest BCUT2D eigenvalue weighted by Gasteiger charge is -2.16. The largest absolute Gasteiger partial charge is 0.493 e. The van der Waals surface area contributed by atoms with Gasteiger partial charge in [-0.3, -0.25) is 0 Å². The molecule has 0 aliphatic carbocycles.